The molecule has 0 saturated heterocycles. The fraction of sp³-hybridized carbons (Fsp3) is 0.368. The lowest BCUT2D eigenvalue weighted by Crippen LogP contribution is -2.27. The lowest BCUT2D eigenvalue weighted by Gasteiger charge is -2.31. The molecule has 2 heteroatoms. The maximum Gasteiger partial charge on any atom is 0.0491 e. The van der Waals surface area contributed by atoms with E-state index >= 15 is 0 Å². The summed E-state index contributed by atoms with van der Waals surface area (Å²) in [7, 11) is 0. The van der Waals surface area contributed by atoms with Crippen LogP contribution >= 0.6 is 12.6 Å². The average molecular weight is 297 g/mol. The molecule has 3 rings (SSSR count). The highest BCUT2D eigenvalue weighted by Gasteiger charge is 2.26. The highest BCUT2D eigenvalue weighted by molar-refractivity contribution is 7.80. The average Bonchev–Trinajstić information content (AvgIpc) is 2.87. The van der Waals surface area contributed by atoms with Gasteiger partial charge in [-0.05, 0) is 36.1 Å². The number of rotatable bonds is 5. The molecular weight excluding hydrogens is 274 g/mol. The number of para-hydroxylation sites is 2. The number of hydrogen-bond acceptors (Lipinski definition) is 1. The molecule has 0 aliphatic rings. The van der Waals surface area contributed by atoms with Crippen molar-refractivity contribution in [2.75, 3.05) is 5.75 Å². The first-order valence-corrected chi connectivity index (χ1v) is 8.45. The third-order valence-corrected chi connectivity index (χ3v) is 5.68. The monoisotopic (exact) mass is 297 g/mol. The van der Waals surface area contributed by atoms with Gasteiger partial charge in [0.25, 0.3) is 0 Å². The minimum absolute atomic E-state index is 0.272. The maximum absolute atomic E-state index is 4.65. The second kappa shape index (κ2) is 5.76. The first-order valence-electron chi connectivity index (χ1n) is 7.81. The van der Waals surface area contributed by atoms with Gasteiger partial charge in [0.1, 0.15) is 0 Å². The maximum atomic E-state index is 4.65. The largest absolute Gasteiger partial charge is 0.340 e. The predicted molar refractivity (Wildman–Crippen MR) is 96.3 cm³/mol. The van der Waals surface area contributed by atoms with E-state index in [1.165, 1.54) is 21.8 Å². The summed E-state index contributed by atoms with van der Waals surface area (Å²) >= 11 is 4.65. The summed E-state index contributed by atoms with van der Waals surface area (Å²) in [5.74, 6) is 0.931. The van der Waals surface area contributed by atoms with Crippen LogP contribution in [0, 0.1) is 5.41 Å². The molecule has 0 fully saturated rings. The molecule has 0 aliphatic carbocycles. The Bertz CT molecular complexity index is 691. The van der Waals surface area contributed by atoms with Gasteiger partial charge in [0.2, 0.25) is 0 Å². The van der Waals surface area contributed by atoms with E-state index in [0.717, 1.165) is 25.1 Å². The van der Waals surface area contributed by atoms with E-state index in [1.54, 1.807) is 0 Å². The van der Waals surface area contributed by atoms with Gasteiger partial charge in [-0.2, -0.15) is 12.6 Å². The van der Waals surface area contributed by atoms with Crippen molar-refractivity contribution >= 4 is 34.4 Å². The minimum atomic E-state index is 0.272. The third-order valence-electron chi connectivity index (χ3n) is 5.01. The Morgan fingerprint density at radius 1 is 0.857 bits per heavy atom. The third kappa shape index (κ3) is 2.36. The summed E-state index contributed by atoms with van der Waals surface area (Å²) in [5, 5.41) is 2.71. The zero-order valence-corrected chi connectivity index (χ0v) is 13.7. The zero-order chi connectivity index (χ0) is 14.9. The van der Waals surface area contributed by atoms with Crippen molar-refractivity contribution in [1.29, 1.82) is 0 Å². The van der Waals surface area contributed by atoms with E-state index in [4.69, 9.17) is 0 Å². The van der Waals surface area contributed by atoms with E-state index < -0.39 is 0 Å². The molecule has 0 N–H and O–H groups in total. The highest BCUT2D eigenvalue weighted by atomic mass is 32.1. The number of hydrogen-bond donors (Lipinski definition) is 1. The molecule has 0 saturated carbocycles. The van der Waals surface area contributed by atoms with E-state index in [-0.39, 0.29) is 5.41 Å². The molecular formula is C19H23NS. The topological polar surface area (TPSA) is 4.93 Å². The number of thiol groups is 1. The second-order valence-corrected chi connectivity index (χ2v) is 6.30. The Kier molecular flexibility index (Phi) is 3.99. The number of aromatic nitrogens is 1. The van der Waals surface area contributed by atoms with Crippen LogP contribution in [-0.4, -0.2) is 10.3 Å². The van der Waals surface area contributed by atoms with Gasteiger partial charge in [-0.25, -0.2) is 0 Å². The molecule has 1 heterocycles. The first-order chi connectivity index (χ1) is 10.2. The van der Waals surface area contributed by atoms with Gasteiger partial charge in [-0.15, -0.1) is 0 Å². The molecule has 1 aromatic heterocycles. The molecule has 21 heavy (non-hydrogen) atoms. The lowest BCUT2D eigenvalue weighted by atomic mass is 9.84. The van der Waals surface area contributed by atoms with Crippen molar-refractivity contribution in [2.45, 2.75) is 33.2 Å². The van der Waals surface area contributed by atoms with Crippen LogP contribution in [0.15, 0.2) is 48.5 Å². The van der Waals surface area contributed by atoms with Gasteiger partial charge < -0.3 is 4.57 Å². The molecule has 0 spiro atoms. The fourth-order valence-electron chi connectivity index (χ4n) is 3.26. The van der Waals surface area contributed by atoms with Gasteiger partial charge in [0, 0.05) is 28.4 Å². The molecule has 0 amide bonds. The van der Waals surface area contributed by atoms with Crippen LogP contribution < -0.4 is 0 Å². The van der Waals surface area contributed by atoms with Crippen LogP contribution in [0.5, 0.6) is 0 Å². The van der Waals surface area contributed by atoms with Crippen LogP contribution in [0.1, 0.15) is 26.7 Å². The number of benzene rings is 2. The molecule has 0 bridgehead atoms. The Morgan fingerprint density at radius 3 is 1.76 bits per heavy atom. The molecule has 110 valence electrons. The smallest absolute Gasteiger partial charge is 0.0491 e. The Labute approximate surface area is 132 Å². The zero-order valence-electron chi connectivity index (χ0n) is 12.8. The van der Waals surface area contributed by atoms with Crippen molar-refractivity contribution < 1.29 is 0 Å². The summed E-state index contributed by atoms with van der Waals surface area (Å²) in [5.41, 5.74) is 2.95. The van der Waals surface area contributed by atoms with E-state index in [1.807, 2.05) is 0 Å². The van der Waals surface area contributed by atoms with Gasteiger partial charge in [-0.3, -0.25) is 0 Å². The molecule has 3 aromatic rings. The summed E-state index contributed by atoms with van der Waals surface area (Å²) in [6, 6.07) is 17.5. The van der Waals surface area contributed by atoms with E-state index in [9.17, 15) is 0 Å². The van der Waals surface area contributed by atoms with Crippen LogP contribution in [0.2, 0.25) is 0 Å². The van der Waals surface area contributed by atoms with Crippen LogP contribution in [0.25, 0.3) is 21.8 Å². The Balaban J connectivity index is 2.24. The fourth-order valence-corrected chi connectivity index (χ4v) is 3.80. The summed E-state index contributed by atoms with van der Waals surface area (Å²) in [4.78, 5) is 0. The SMILES string of the molecule is CCC(CC)(CS)Cn1c2ccccc2c2ccccc21. The number of fused-ring (bicyclic) bond motifs is 3. The van der Waals surface area contributed by atoms with E-state index in [0.29, 0.717) is 0 Å². The Morgan fingerprint density at radius 2 is 1.33 bits per heavy atom. The molecule has 1 nitrogen and oxygen atoms in total. The first kappa shape index (κ1) is 14.5. The predicted octanol–water partition coefficient (Wildman–Crippen LogP) is 5.53. The van der Waals surface area contributed by atoms with Gasteiger partial charge in [0.05, 0.1) is 0 Å². The molecule has 0 unspecified atom stereocenters. The number of nitrogens with zero attached hydrogens (tertiary/aromatic N) is 1. The van der Waals surface area contributed by atoms with Gasteiger partial charge in [-0.1, -0.05) is 50.2 Å². The van der Waals surface area contributed by atoms with Crippen LogP contribution in [0.3, 0.4) is 0 Å². The normalized spacial score (nSPS) is 12.3. The molecule has 2 aromatic carbocycles. The lowest BCUT2D eigenvalue weighted by molar-refractivity contribution is 0.265. The molecule has 0 radical (unpaired) electrons. The molecule has 0 atom stereocenters. The van der Waals surface area contributed by atoms with Crippen molar-refractivity contribution in [1.82, 2.24) is 4.57 Å². The van der Waals surface area contributed by atoms with Crippen molar-refractivity contribution in [2.24, 2.45) is 5.41 Å². The van der Waals surface area contributed by atoms with Crippen LogP contribution in [-0.2, 0) is 6.54 Å². The van der Waals surface area contributed by atoms with E-state index in [2.05, 4.69) is 79.6 Å². The minimum Gasteiger partial charge on any atom is -0.340 e. The Hall–Kier alpha value is -1.41. The van der Waals surface area contributed by atoms with Crippen molar-refractivity contribution in [3.05, 3.63) is 48.5 Å². The van der Waals surface area contributed by atoms with Crippen molar-refractivity contribution in [3.63, 3.8) is 0 Å². The quantitative estimate of drug-likeness (QED) is 0.591. The summed E-state index contributed by atoms with van der Waals surface area (Å²) in [6.45, 7) is 5.61. The second-order valence-electron chi connectivity index (χ2n) is 5.99. The van der Waals surface area contributed by atoms with Gasteiger partial charge >= 0.3 is 0 Å². The van der Waals surface area contributed by atoms with Gasteiger partial charge in [0.15, 0.2) is 0 Å². The highest BCUT2D eigenvalue weighted by Crippen LogP contribution is 2.35. The summed E-state index contributed by atoms with van der Waals surface area (Å²) in [6.07, 6.45) is 2.32. The standard InChI is InChI=1S/C19H23NS/c1-3-19(4-2,14-21)13-20-17-11-7-5-9-15(17)16-10-6-8-12-18(16)20/h5-12,21H,3-4,13-14H2,1-2H3. The summed E-state index contributed by atoms with van der Waals surface area (Å²) < 4.78 is 2.49. The van der Waals surface area contributed by atoms with Crippen LogP contribution in [0.4, 0.5) is 0 Å². The van der Waals surface area contributed by atoms with Crippen molar-refractivity contribution in [3.8, 4) is 0 Å². The molecule has 0 aliphatic heterocycles.